The molecule has 1 saturated carbocycles. The molecular formula is C15H32O2Si. The van der Waals surface area contributed by atoms with Crippen LogP contribution in [0.1, 0.15) is 53.4 Å². The van der Waals surface area contributed by atoms with Crippen LogP contribution < -0.4 is 0 Å². The van der Waals surface area contributed by atoms with Crippen LogP contribution in [0, 0.1) is 11.8 Å². The summed E-state index contributed by atoms with van der Waals surface area (Å²) in [6, 6.07) is 0. The van der Waals surface area contributed by atoms with Crippen LogP contribution in [-0.4, -0.2) is 26.1 Å². The largest absolute Gasteiger partial charge is 0.417 e. The van der Waals surface area contributed by atoms with Gasteiger partial charge in [-0.3, -0.25) is 0 Å². The van der Waals surface area contributed by atoms with Crippen molar-refractivity contribution in [3.8, 4) is 0 Å². The van der Waals surface area contributed by atoms with E-state index in [4.69, 9.17) is 4.43 Å². The number of rotatable bonds is 7. The van der Waals surface area contributed by atoms with Gasteiger partial charge in [-0.1, -0.05) is 27.7 Å². The maximum absolute atomic E-state index is 9.74. The SMILES string of the molecule is CC[C@@H](O)C1CC1CCCO[Si](C)(C)C(C)(C)C. The van der Waals surface area contributed by atoms with Gasteiger partial charge in [-0.25, -0.2) is 0 Å². The van der Waals surface area contributed by atoms with Crippen LogP contribution in [0.15, 0.2) is 0 Å². The topological polar surface area (TPSA) is 29.5 Å². The van der Waals surface area contributed by atoms with Crippen LogP contribution >= 0.6 is 0 Å². The molecule has 2 nitrogen and oxygen atoms in total. The molecule has 0 bridgehead atoms. The normalized spacial score (nSPS) is 26.2. The summed E-state index contributed by atoms with van der Waals surface area (Å²) < 4.78 is 6.17. The zero-order chi connectivity index (χ0) is 14.0. The Bertz CT molecular complexity index is 258. The molecule has 0 spiro atoms. The van der Waals surface area contributed by atoms with Crippen LogP contribution in [0.2, 0.25) is 18.1 Å². The summed E-state index contributed by atoms with van der Waals surface area (Å²) in [6.45, 7) is 14.5. The lowest BCUT2D eigenvalue weighted by Crippen LogP contribution is -2.40. The lowest BCUT2D eigenvalue weighted by molar-refractivity contribution is 0.139. The van der Waals surface area contributed by atoms with Gasteiger partial charge in [0.25, 0.3) is 0 Å². The van der Waals surface area contributed by atoms with E-state index in [1.807, 2.05) is 0 Å². The number of hydrogen-bond donors (Lipinski definition) is 1. The monoisotopic (exact) mass is 272 g/mol. The molecule has 108 valence electrons. The van der Waals surface area contributed by atoms with Crippen molar-refractivity contribution < 1.29 is 9.53 Å². The van der Waals surface area contributed by atoms with Gasteiger partial charge in [-0.15, -0.1) is 0 Å². The first-order valence-corrected chi connectivity index (χ1v) is 10.4. The van der Waals surface area contributed by atoms with Crippen molar-refractivity contribution in [2.24, 2.45) is 11.8 Å². The van der Waals surface area contributed by atoms with E-state index < -0.39 is 8.32 Å². The summed E-state index contributed by atoms with van der Waals surface area (Å²) in [5.74, 6) is 1.35. The highest BCUT2D eigenvalue weighted by Crippen LogP contribution is 2.45. The molecule has 1 rings (SSSR count). The van der Waals surface area contributed by atoms with Gasteiger partial charge in [0.2, 0.25) is 0 Å². The lowest BCUT2D eigenvalue weighted by atomic mass is 10.1. The predicted octanol–water partition coefficient (Wildman–Crippen LogP) is 4.20. The molecule has 1 aliphatic rings. The molecule has 2 unspecified atom stereocenters. The summed E-state index contributed by atoms with van der Waals surface area (Å²) in [6.07, 6.45) is 4.47. The van der Waals surface area contributed by atoms with Crippen LogP contribution in [0.3, 0.4) is 0 Å². The summed E-state index contributed by atoms with van der Waals surface area (Å²) in [5.41, 5.74) is 0. The highest BCUT2D eigenvalue weighted by molar-refractivity contribution is 6.74. The minimum absolute atomic E-state index is 0.0590. The highest BCUT2D eigenvalue weighted by atomic mass is 28.4. The molecule has 18 heavy (non-hydrogen) atoms. The highest BCUT2D eigenvalue weighted by Gasteiger charge is 2.41. The summed E-state index contributed by atoms with van der Waals surface area (Å²) >= 11 is 0. The Morgan fingerprint density at radius 2 is 1.94 bits per heavy atom. The van der Waals surface area contributed by atoms with Crippen LogP contribution in [0.25, 0.3) is 0 Å². The maximum Gasteiger partial charge on any atom is 0.191 e. The van der Waals surface area contributed by atoms with E-state index in [2.05, 4.69) is 40.8 Å². The van der Waals surface area contributed by atoms with Crippen molar-refractivity contribution >= 4 is 8.32 Å². The first kappa shape index (κ1) is 16.2. The Labute approximate surface area is 114 Å². The molecule has 3 heteroatoms. The van der Waals surface area contributed by atoms with Crippen molar-refractivity contribution in [1.82, 2.24) is 0 Å². The van der Waals surface area contributed by atoms with Gasteiger partial charge in [0.15, 0.2) is 8.32 Å². The second kappa shape index (κ2) is 6.06. The molecule has 0 aromatic carbocycles. The van der Waals surface area contributed by atoms with Crippen molar-refractivity contribution in [2.45, 2.75) is 77.6 Å². The molecule has 3 atom stereocenters. The first-order valence-electron chi connectivity index (χ1n) is 7.51. The molecule has 1 N–H and O–H groups in total. The molecule has 1 fully saturated rings. The van der Waals surface area contributed by atoms with E-state index in [-0.39, 0.29) is 6.10 Å². The average Bonchev–Trinajstić information content (AvgIpc) is 3.01. The van der Waals surface area contributed by atoms with Crippen LogP contribution in [0.4, 0.5) is 0 Å². The summed E-state index contributed by atoms with van der Waals surface area (Å²) in [5, 5.41) is 10.0. The van der Waals surface area contributed by atoms with Gasteiger partial charge < -0.3 is 9.53 Å². The fraction of sp³-hybridized carbons (Fsp3) is 1.00. The van der Waals surface area contributed by atoms with E-state index in [9.17, 15) is 5.11 Å². The minimum Gasteiger partial charge on any atom is -0.417 e. The van der Waals surface area contributed by atoms with E-state index in [1.165, 1.54) is 12.8 Å². The van der Waals surface area contributed by atoms with E-state index in [0.717, 1.165) is 25.4 Å². The van der Waals surface area contributed by atoms with Gasteiger partial charge in [0.1, 0.15) is 0 Å². The van der Waals surface area contributed by atoms with Gasteiger partial charge in [-0.2, -0.15) is 0 Å². The molecule has 0 amide bonds. The molecule has 1 aliphatic carbocycles. The lowest BCUT2D eigenvalue weighted by Gasteiger charge is -2.36. The third kappa shape index (κ3) is 4.36. The molecule has 0 saturated heterocycles. The molecular weight excluding hydrogens is 240 g/mol. The van der Waals surface area contributed by atoms with E-state index in [1.54, 1.807) is 0 Å². The quantitative estimate of drug-likeness (QED) is 0.556. The Balaban J connectivity index is 2.14. The Hall–Kier alpha value is 0.137. The minimum atomic E-state index is -1.55. The maximum atomic E-state index is 9.74. The molecule has 0 radical (unpaired) electrons. The van der Waals surface area contributed by atoms with Gasteiger partial charge in [0.05, 0.1) is 6.10 Å². The zero-order valence-electron chi connectivity index (χ0n) is 13.1. The van der Waals surface area contributed by atoms with E-state index in [0.29, 0.717) is 11.0 Å². The third-order valence-corrected chi connectivity index (χ3v) is 9.42. The van der Waals surface area contributed by atoms with Crippen molar-refractivity contribution in [2.75, 3.05) is 6.61 Å². The van der Waals surface area contributed by atoms with Gasteiger partial charge in [-0.05, 0) is 55.7 Å². The smallest absolute Gasteiger partial charge is 0.191 e. The molecule has 0 heterocycles. The second-order valence-corrected chi connectivity index (χ2v) is 12.2. The molecule has 0 aliphatic heterocycles. The molecule has 0 aromatic heterocycles. The van der Waals surface area contributed by atoms with Gasteiger partial charge >= 0.3 is 0 Å². The summed E-state index contributed by atoms with van der Waals surface area (Å²) in [7, 11) is -1.55. The van der Waals surface area contributed by atoms with Crippen molar-refractivity contribution in [3.05, 3.63) is 0 Å². The third-order valence-electron chi connectivity index (χ3n) is 4.88. The Kier molecular flexibility index (Phi) is 5.45. The predicted molar refractivity (Wildman–Crippen MR) is 80.3 cm³/mol. The standard InChI is InChI=1S/C15H32O2Si/c1-7-14(16)13-11-12(13)9-8-10-17-18(5,6)15(2,3)4/h12-14,16H,7-11H2,1-6H3/t12?,13?,14-/m1/s1. The zero-order valence-corrected chi connectivity index (χ0v) is 14.1. The number of hydrogen-bond acceptors (Lipinski definition) is 2. The fourth-order valence-corrected chi connectivity index (χ4v) is 3.35. The Morgan fingerprint density at radius 3 is 2.44 bits per heavy atom. The van der Waals surface area contributed by atoms with Crippen LogP contribution in [0.5, 0.6) is 0 Å². The summed E-state index contributed by atoms with van der Waals surface area (Å²) in [4.78, 5) is 0. The van der Waals surface area contributed by atoms with Crippen molar-refractivity contribution in [1.29, 1.82) is 0 Å². The van der Waals surface area contributed by atoms with Gasteiger partial charge in [0, 0.05) is 6.61 Å². The van der Waals surface area contributed by atoms with Crippen LogP contribution in [-0.2, 0) is 4.43 Å². The Morgan fingerprint density at radius 1 is 1.33 bits per heavy atom. The first-order chi connectivity index (χ1) is 8.19. The second-order valence-electron chi connectivity index (χ2n) is 7.39. The van der Waals surface area contributed by atoms with Crippen molar-refractivity contribution in [3.63, 3.8) is 0 Å². The number of aliphatic hydroxyl groups excluding tert-OH is 1. The number of aliphatic hydroxyl groups is 1. The fourth-order valence-electron chi connectivity index (χ4n) is 2.27. The average molecular weight is 273 g/mol. The van der Waals surface area contributed by atoms with E-state index >= 15 is 0 Å². The molecule has 0 aromatic rings.